The maximum atomic E-state index is 13.1. The summed E-state index contributed by atoms with van der Waals surface area (Å²) >= 11 is 6.13. The Kier molecular flexibility index (Phi) is 5.45. The number of halogens is 1. The Morgan fingerprint density at radius 3 is 2.35 bits per heavy atom. The molecule has 1 N–H and O–H groups in total. The van der Waals surface area contributed by atoms with Gasteiger partial charge in [-0.05, 0) is 41.5 Å². The molecule has 3 aromatic carbocycles. The number of hydrogen-bond donors (Lipinski definition) is 1. The van der Waals surface area contributed by atoms with Crippen LogP contribution in [-0.2, 0) is 0 Å². The summed E-state index contributed by atoms with van der Waals surface area (Å²) in [6, 6.07) is 24.4. The molecule has 31 heavy (non-hydrogen) atoms. The van der Waals surface area contributed by atoms with Crippen molar-refractivity contribution in [3.05, 3.63) is 101 Å². The van der Waals surface area contributed by atoms with E-state index in [1.807, 2.05) is 41.3 Å². The number of carbonyl (C=O) groups is 1. The molecule has 1 amide bonds. The van der Waals surface area contributed by atoms with E-state index in [2.05, 4.69) is 51.3 Å². The summed E-state index contributed by atoms with van der Waals surface area (Å²) in [5, 5.41) is 0.736. The second-order valence-electron chi connectivity index (χ2n) is 7.83. The third-order valence-electron chi connectivity index (χ3n) is 5.93. The predicted octanol–water partition coefficient (Wildman–Crippen LogP) is 4.76. The number of benzene rings is 3. The molecule has 1 unspecified atom stereocenters. The first kappa shape index (κ1) is 19.8. The Bertz CT molecular complexity index is 1180. The lowest BCUT2D eigenvalue weighted by Gasteiger charge is -2.39. The van der Waals surface area contributed by atoms with E-state index in [-0.39, 0.29) is 11.9 Å². The second kappa shape index (κ2) is 8.53. The predicted molar refractivity (Wildman–Crippen MR) is 123 cm³/mol. The highest BCUT2D eigenvalue weighted by Crippen LogP contribution is 2.30. The van der Waals surface area contributed by atoms with Crippen LogP contribution in [-0.4, -0.2) is 51.9 Å². The van der Waals surface area contributed by atoms with Crippen LogP contribution in [0, 0.1) is 0 Å². The van der Waals surface area contributed by atoms with Crippen LogP contribution in [0.15, 0.2) is 79.1 Å². The molecule has 0 spiro atoms. The molecule has 0 aliphatic carbocycles. The SMILES string of the molecule is O=C(c1ccc2nc[nH]c2c1)N1CCN(C(c2ccccc2)c2ccc(Cl)cc2)CC1. The first-order valence-electron chi connectivity index (χ1n) is 10.5. The van der Waals surface area contributed by atoms with Gasteiger partial charge in [0.2, 0.25) is 0 Å². The number of fused-ring (bicyclic) bond motifs is 1. The number of aromatic amines is 1. The summed E-state index contributed by atoms with van der Waals surface area (Å²) in [6.45, 7) is 2.99. The molecule has 6 heteroatoms. The fraction of sp³-hybridized carbons (Fsp3) is 0.200. The molecule has 2 heterocycles. The van der Waals surface area contributed by atoms with Crippen molar-refractivity contribution in [2.45, 2.75) is 6.04 Å². The van der Waals surface area contributed by atoms with Gasteiger partial charge in [-0.25, -0.2) is 4.98 Å². The normalized spacial score (nSPS) is 15.8. The Morgan fingerprint density at radius 1 is 0.903 bits per heavy atom. The van der Waals surface area contributed by atoms with Crippen molar-refractivity contribution >= 4 is 28.5 Å². The molecule has 0 radical (unpaired) electrons. The quantitative estimate of drug-likeness (QED) is 0.507. The zero-order valence-corrected chi connectivity index (χ0v) is 17.8. The fourth-order valence-electron chi connectivity index (χ4n) is 4.33. The molecule has 1 aliphatic heterocycles. The number of nitrogens with one attached hydrogen (secondary N) is 1. The highest BCUT2D eigenvalue weighted by Gasteiger charge is 2.28. The number of hydrogen-bond acceptors (Lipinski definition) is 3. The van der Waals surface area contributed by atoms with E-state index in [9.17, 15) is 4.79 Å². The van der Waals surface area contributed by atoms with Crippen LogP contribution in [0.4, 0.5) is 0 Å². The Labute approximate surface area is 186 Å². The van der Waals surface area contributed by atoms with Crippen molar-refractivity contribution in [2.75, 3.05) is 26.2 Å². The highest BCUT2D eigenvalue weighted by atomic mass is 35.5. The lowest BCUT2D eigenvalue weighted by atomic mass is 9.96. The molecule has 0 bridgehead atoms. The van der Waals surface area contributed by atoms with E-state index < -0.39 is 0 Å². The molecule has 5 nitrogen and oxygen atoms in total. The number of amides is 1. The molecule has 156 valence electrons. The third kappa shape index (κ3) is 4.07. The topological polar surface area (TPSA) is 52.2 Å². The summed E-state index contributed by atoms with van der Waals surface area (Å²) in [5.41, 5.74) is 4.91. The molecule has 1 aliphatic rings. The van der Waals surface area contributed by atoms with Crippen LogP contribution < -0.4 is 0 Å². The molecular formula is C25H23ClN4O. The van der Waals surface area contributed by atoms with Gasteiger partial charge in [-0.1, -0.05) is 54.1 Å². The van der Waals surface area contributed by atoms with Crippen LogP contribution in [0.25, 0.3) is 11.0 Å². The molecular weight excluding hydrogens is 408 g/mol. The van der Waals surface area contributed by atoms with Crippen molar-refractivity contribution < 1.29 is 4.79 Å². The van der Waals surface area contributed by atoms with Gasteiger partial charge < -0.3 is 9.88 Å². The Balaban J connectivity index is 1.34. The van der Waals surface area contributed by atoms with Crippen LogP contribution in [0.2, 0.25) is 5.02 Å². The van der Waals surface area contributed by atoms with E-state index in [1.165, 1.54) is 11.1 Å². The zero-order valence-electron chi connectivity index (χ0n) is 17.0. The molecule has 1 atom stereocenters. The van der Waals surface area contributed by atoms with Gasteiger partial charge in [0.15, 0.2) is 0 Å². The van der Waals surface area contributed by atoms with Crippen molar-refractivity contribution in [1.82, 2.24) is 19.8 Å². The summed E-state index contributed by atoms with van der Waals surface area (Å²) in [7, 11) is 0. The van der Waals surface area contributed by atoms with Crippen LogP contribution in [0.1, 0.15) is 27.5 Å². The van der Waals surface area contributed by atoms with E-state index in [0.717, 1.165) is 29.1 Å². The number of aromatic nitrogens is 2. The first-order valence-corrected chi connectivity index (χ1v) is 10.8. The Hall–Kier alpha value is -3.15. The Morgan fingerprint density at radius 2 is 1.61 bits per heavy atom. The lowest BCUT2D eigenvalue weighted by Crippen LogP contribution is -2.49. The molecule has 5 rings (SSSR count). The molecule has 1 aromatic heterocycles. The van der Waals surface area contributed by atoms with Crippen molar-refractivity contribution in [1.29, 1.82) is 0 Å². The number of imidazole rings is 1. The van der Waals surface area contributed by atoms with Gasteiger partial charge in [0.1, 0.15) is 0 Å². The van der Waals surface area contributed by atoms with Gasteiger partial charge in [0, 0.05) is 36.8 Å². The third-order valence-corrected chi connectivity index (χ3v) is 6.19. The van der Waals surface area contributed by atoms with Crippen molar-refractivity contribution in [3.63, 3.8) is 0 Å². The zero-order chi connectivity index (χ0) is 21.2. The minimum atomic E-state index is 0.0684. The van der Waals surface area contributed by atoms with E-state index in [4.69, 9.17) is 11.6 Å². The average Bonchev–Trinajstić information content (AvgIpc) is 3.29. The van der Waals surface area contributed by atoms with Crippen LogP contribution in [0.3, 0.4) is 0 Å². The standard InChI is InChI=1S/C25H23ClN4O/c26-21-9-6-19(7-10-21)24(18-4-2-1-3-5-18)29-12-14-30(15-13-29)25(31)20-8-11-22-23(16-20)28-17-27-22/h1-11,16-17,24H,12-15H2,(H,27,28). The largest absolute Gasteiger partial charge is 0.345 e. The van der Waals surface area contributed by atoms with Crippen molar-refractivity contribution in [3.8, 4) is 0 Å². The minimum absolute atomic E-state index is 0.0684. The number of rotatable bonds is 4. The molecule has 0 saturated carbocycles. The number of carbonyl (C=O) groups excluding carboxylic acids is 1. The van der Waals surface area contributed by atoms with E-state index in [1.54, 1.807) is 6.33 Å². The smallest absolute Gasteiger partial charge is 0.254 e. The molecule has 4 aromatic rings. The van der Waals surface area contributed by atoms with Gasteiger partial charge in [-0.15, -0.1) is 0 Å². The minimum Gasteiger partial charge on any atom is -0.345 e. The van der Waals surface area contributed by atoms with Crippen molar-refractivity contribution in [2.24, 2.45) is 0 Å². The van der Waals surface area contributed by atoms with Crippen LogP contribution in [0.5, 0.6) is 0 Å². The fourth-order valence-corrected chi connectivity index (χ4v) is 4.45. The van der Waals surface area contributed by atoms with Gasteiger partial charge in [0.25, 0.3) is 5.91 Å². The van der Waals surface area contributed by atoms with E-state index >= 15 is 0 Å². The summed E-state index contributed by atoms with van der Waals surface area (Å²) < 4.78 is 0. The lowest BCUT2D eigenvalue weighted by molar-refractivity contribution is 0.0597. The van der Waals surface area contributed by atoms with E-state index in [0.29, 0.717) is 18.7 Å². The number of nitrogens with zero attached hydrogens (tertiary/aromatic N) is 3. The molecule has 1 saturated heterocycles. The summed E-state index contributed by atoms with van der Waals surface area (Å²) in [5.74, 6) is 0.0684. The maximum absolute atomic E-state index is 13.1. The maximum Gasteiger partial charge on any atom is 0.254 e. The van der Waals surface area contributed by atoms with Gasteiger partial charge in [0.05, 0.1) is 23.4 Å². The molecule has 1 fully saturated rings. The van der Waals surface area contributed by atoms with Gasteiger partial charge >= 0.3 is 0 Å². The summed E-state index contributed by atoms with van der Waals surface area (Å²) in [4.78, 5) is 24.8. The summed E-state index contributed by atoms with van der Waals surface area (Å²) in [6.07, 6.45) is 1.65. The monoisotopic (exact) mass is 430 g/mol. The highest BCUT2D eigenvalue weighted by molar-refractivity contribution is 6.30. The van der Waals surface area contributed by atoms with Crippen LogP contribution >= 0.6 is 11.6 Å². The van der Waals surface area contributed by atoms with Gasteiger partial charge in [-0.2, -0.15) is 0 Å². The first-order chi connectivity index (χ1) is 15.2. The van der Waals surface area contributed by atoms with Gasteiger partial charge in [-0.3, -0.25) is 9.69 Å². The number of H-pyrrole nitrogens is 1. The average molecular weight is 431 g/mol. The second-order valence-corrected chi connectivity index (χ2v) is 8.26. The number of piperazine rings is 1.